The number of hydrogen-bond donors (Lipinski definition) is 1. The van der Waals surface area contributed by atoms with Crippen molar-refractivity contribution >= 4 is 17.7 Å². The van der Waals surface area contributed by atoms with Gasteiger partial charge in [-0.05, 0) is 29.8 Å². The molecule has 1 fully saturated rings. The lowest BCUT2D eigenvalue weighted by molar-refractivity contribution is -0.149. The zero-order valence-corrected chi connectivity index (χ0v) is 15.9. The van der Waals surface area contributed by atoms with E-state index in [1.165, 1.54) is 40.9 Å². The van der Waals surface area contributed by atoms with Gasteiger partial charge in [0.15, 0.2) is 5.72 Å². The molecule has 2 heterocycles. The lowest BCUT2D eigenvalue weighted by atomic mass is 9.85. The molecule has 2 unspecified atom stereocenters. The molecular weight excluding hydrogens is 379 g/mol. The van der Waals surface area contributed by atoms with Crippen LogP contribution in [0.4, 0.5) is 4.39 Å². The summed E-state index contributed by atoms with van der Waals surface area (Å²) < 4.78 is 18.5. The second-order valence-corrected chi connectivity index (χ2v) is 7.67. The van der Waals surface area contributed by atoms with Gasteiger partial charge in [-0.15, -0.1) is 11.8 Å². The van der Waals surface area contributed by atoms with E-state index in [0.717, 1.165) is 5.56 Å². The van der Waals surface area contributed by atoms with Crippen LogP contribution in [0.3, 0.4) is 0 Å². The van der Waals surface area contributed by atoms with Crippen LogP contribution in [0, 0.1) is 17.1 Å². The van der Waals surface area contributed by atoms with E-state index in [-0.39, 0.29) is 24.0 Å². The number of thioether (sulfide) groups is 1. The minimum atomic E-state index is -1.60. The summed E-state index contributed by atoms with van der Waals surface area (Å²) in [5.41, 5.74) is 0.117. The second-order valence-electron chi connectivity index (χ2n) is 6.70. The quantitative estimate of drug-likeness (QED) is 0.860. The number of allylic oxidation sites excluding steroid dienone is 1. The lowest BCUT2D eigenvalue weighted by Gasteiger charge is -2.38. The number of halogens is 1. The number of carbonyl (C=O) groups is 1. The monoisotopic (exact) mass is 396 g/mol. The molecule has 0 bridgehead atoms. The number of carbonyl (C=O) groups excluding carboxylic acids is 1. The van der Waals surface area contributed by atoms with E-state index in [9.17, 15) is 19.6 Å². The van der Waals surface area contributed by atoms with Crippen LogP contribution in [0.25, 0.3) is 0 Å². The topological polar surface area (TPSA) is 73.6 Å². The van der Waals surface area contributed by atoms with Crippen LogP contribution in [0.1, 0.15) is 23.5 Å². The summed E-state index contributed by atoms with van der Waals surface area (Å²) in [5.74, 6) is -0.194. The van der Waals surface area contributed by atoms with Crippen LogP contribution >= 0.6 is 11.8 Å². The molecule has 1 N–H and O–H groups in total. The first-order valence-electron chi connectivity index (χ1n) is 8.70. The van der Waals surface area contributed by atoms with Crippen molar-refractivity contribution in [3.05, 3.63) is 76.1 Å². The van der Waals surface area contributed by atoms with Gasteiger partial charge in [-0.25, -0.2) is 4.39 Å². The highest BCUT2D eigenvalue weighted by Crippen LogP contribution is 2.51. The normalized spacial score (nSPS) is 24.1. The van der Waals surface area contributed by atoms with Gasteiger partial charge in [0.05, 0.1) is 29.5 Å². The number of aliphatic hydroxyl groups is 1. The fraction of sp³-hybridized carbons (Fsp3) is 0.238. The van der Waals surface area contributed by atoms with Crippen molar-refractivity contribution in [1.82, 2.24) is 4.90 Å². The van der Waals surface area contributed by atoms with E-state index >= 15 is 0 Å². The molecule has 142 valence electrons. The largest absolute Gasteiger partial charge is 0.497 e. The molecule has 0 saturated carbocycles. The SMILES string of the molecule is COc1ccc(C2CC(=O)N3C(=C2C#N)SCC3(O)c2ccc(F)cc2)cc1. The van der Waals surface area contributed by atoms with Gasteiger partial charge in [0.1, 0.15) is 11.6 Å². The van der Waals surface area contributed by atoms with Crippen LogP contribution in [0.15, 0.2) is 59.1 Å². The van der Waals surface area contributed by atoms with Gasteiger partial charge in [0.25, 0.3) is 0 Å². The molecule has 7 heteroatoms. The lowest BCUT2D eigenvalue weighted by Crippen LogP contribution is -2.48. The van der Waals surface area contributed by atoms with Gasteiger partial charge in [0, 0.05) is 17.9 Å². The van der Waals surface area contributed by atoms with Crippen molar-refractivity contribution in [3.63, 3.8) is 0 Å². The van der Waals surface area contributed by atoms with Crippen LogP contribution < -0.4 is 4.74 Å². The second kappa shape index (κ2) is 6.97. The number of fused-ring (bicyclic) bond motifs is 1. The predicted molar refractivity (Wildman–Crippen MR) is 103 cm³/mol. The van der Waals surface area contributed by atoms with Crippen molar-refractivity contribution in [2.45, 2.75) is 18.1 Å². The highest BCUT2D eigenvalue weighted by atomic mass is 32.2. The number of amides is 1. The number of methoxy groups -OCH3 is 1. The molecule has 2 aliphatic heterocycles. The Bertz CT molecular complexity index is 998. The molecule has 2 aromatic carbocycles. The Kier molecular flexibility index (Phi) is 4.61. The van der Waals surface area contributed by atoms with Gasteiger partial charge in [-0.2, -0.15) is 5.26 Å². The molecule has 1 amide bonds. The van der Waals surface area contributed by atoms with E-state index in [0.29, 0.717) is 21.9 Å². The number of nitrogens with zero attached hydrogens (tertiary/aromatic N) is 2. The van der Waals surface area contributed by atoms with E-state index in [1.807, 2.05) is 12.1 Å². The first kappa shape index (κ1) is 18.5. The van der Waals surface area contributed by atoms with Crippen molar-refractivity contribution in [3.8, 4) is 11.8 Å². The highest BCUT2D eigenvalue weighted by molar-refractivity contribution is 8.03. The maximum atomic E-state index is 13.3. The van der Waals surface area contributed by atoms with E-state index < -0.39 is 11.5 Å². The summed E-state index contributed by atoms with van der Waals surface area (Å²) in [6.07, 6.45) is 0.0722. The van der Waals surface area contributed by atoms with Gasteiger partial charge in [-0.1, -0.05) is 24.3 Å². The molecule has 0 aromatic heterocycles. The third-order valence-corrected chi connectivity index (χ3v) is 6.36. The molecule has 1 saturated heterocycles. The number of hydrogen-bond acceptors (Lipinski definition) is 5. The molecule has 2 aliphatic rings. The van der Waals surface area contributed by atoms with Gasteiger partial charge in [-0.3, -0.25) is 9.69 Å². The maximum absolute atomic E-state index is 13.3. The summed E-state index contributed by atoms with van der Waals surface area (Å²) in [6.45, 7) is 0. The molecule has 0 spiro atoms. The van der Waals surface area contributed by atoms with E-state index in [2.05, 4.69) is 6.07 Å². The number of ether oxygens (including phenoxy) is 1. The molecule has 0 aliphatic carbocycles. The molecule has 28 heavy (non-hydrogen) atoms. The predicted octanol–water partition coefficient (Wildman–Crippen LogP) is 3.48. The van der Waals surface area contributed by atoms with Crippen LogP contribution in [0.2, 0.25) is 0 Å². The minimum Gasteiger partial charge on any atom is -0.497 e. The van der Waals surface area contributed by atoms with Gasteiger partial charge in [0.2, 0.25) is 5.91 Å². The Hall–Kier alpha value is -2.82. The molecule has 0 radical (unpaired) electrons. The smallest absolute Gasteiger partial charge is 0.231 e. The molecule has 2 aromatic rings. The zero-order valence-electron chi connectivity index (χ0n) is 15.1. The number of nitriles is 1. The fourth-order valence-electron chi connectivity index (χ4n) is 3.68. The van der Waals surface area contributed by atoms with Crippen LogP contribution in [-0.2, 0) is 10.5 Å². The van der Waals surface area contributed by atoms with Gasteiger partial charge >= 0.3 is 0 Å². The summed E-state index contributed by atoms with van der Waals surface area (Å²) in [6, 6.07) is 14.9. The fourth-order valence-corrected chi connectivity index (χ4v) is 5.04. The molecule has 4 rings (SSSR count). The summed E-state index contributed by atoms with van der Waals surface area (Å²) in [7, 11) is 1.57. The Morgan fingerprint density at radius 1 is 1.25 bits per heavy atom. The van der Waals surface area contributed by atoms with Crippen molar-refractivity contribution in [1.29, 1.82) is 5.26 Å². The summed E-state index contributed by atoms with van der Waals surface area (Å²) >= 11 is 1.27. The Morgan fingerprint density at radius 2 is 1.93 bits per heavy atom. The first-order valence-corrected chi connectivity index (χ1v) is 9.69. The van der Waals surface area contributed by atoms with Crippen LogP contribution in [0.5, 0.6) is 5.75 Å². The number of benzene rings is 2. The van der Waals surface area contributed by atoms with Crippen molar-refractivity contribution < 1.29 is 19.0 Å². The van der Waals surface area contributed by atoms with Gasteiger partial charge < -0.3 is 9.84 Å². The Labute approximate surface area is 166 Å². The summed E-state index contributed by atoms with van der Waals surface area (Å²) in [5, 5.41) is 21.5. The number of rotatable bonds is 3. The van der Waals surface area contributed by atoms with Crippen LogP contribution in [-0.4, -0.2) is 28.8 Å². The zero-order chi connectivity index (χ0) is 19.9. The minimum absolute atomic E-state index is 0.0722. The molecular formula is C21H17FN2O3S. The summed E-state index contributed by atoms with van der Waals surface area (Å²) in [4.78, 5) is 14.3. The standard InChI is InChI=1S/C21H17FN2O3S/c1-27-16-8-2-13(3-9-16)17-10-19(25)24-20(18(17)11-23)28-12-21(24,26)14-4-6-15(22)7-5-14/h2-9,17,26H,10,12H2,1H3. The third kappa shape index (κ3) is 2.86. The average Bonchev–Trinajstić information content (AvgIpc) is 3.07. The van der Waals surface area contributed by atoms with Crippen molar-refractivity contribution in [2.75, 3.05) is 12.9 Å². The Balaban J connectivity index is 1.77. The highest BCUT2D eigenvalue weighted by Gasteiger charge is 2.51. The van der Waals surface area contributed by atoms with E-state index in [4.69, 9.17) is 4.74 Å². The third-order valence-electron chi connectivity index (χ3n) is 5.14. The molecule has 2 atom stereocenters. The van der Waals surface area contributed by atoms with Crippen molar-refractivity contribution in [2.24, 2.45) is 0 Å². The first-order chi connectivity index (χ1) is 13.5. The molecule has 5 nitrogen and oxygen atoms in total. The van der Waals surface area contributed by atoms with E-state index in [1.54, 1.807) is 19.2 Å². The maximum Gasteiger partial charge on any atom is 0.231 e. The average molecular weight is 396 g/mol. The Morgan fingerprint density at radius 3 is 2.54 bits per heavy atom.